The average molecular weight is 614 g/mol. The van der Waals surface area contributed by atoms with Gasteiger partial charge in [-0.3, -0.25) is 4.79 Å². The van der Waals surface area contributed by atoms with Crippen molar-refractivity contribution in [1.82, 2.24) is 0 Å². The van der Waals surface area contributed by atoms with E-state index in [-0.39, 0.29) is 22.3 Å². The lowest BCUT2D eigenvalue weighted by molar-refractivity contribution is -0.304. The molecule has 2 amide bonds. The number of hydrogen-bond donors (Lipinski definition) is 4. The van der Waals surface area contributed by atoms with Crippen molar-refractivity contribution >= 4 is 34.3 Å². The van der Waals surface area contributed by atoms with Crippen LogP contribution in [0.1, 0.15) is 29.8 Å². The van der Waals surface area contributed by atoms with Crippen LogP contribution in [0.5, 0.6) is 11.5 Å². The van der Waals surface area contributed by atoms with Gasteiger partial charge in [-0.2, -0.15) is 0 Å². The van der Waals surface area contributed by atoms with Crippen LogP contribution in [0.2, 0.25) is 0 Å². The van der Waals surface area contributed by atoms with Crippen molar-refractivity contribution in [3.05, 3.63) is 57.9 Å². The van der Waals surface area contributed by atoms with Gasteiger partial charge in [0.1, 0.15) is 17.4 Å². The van der Waals surface area contributed by atoms with Crippen molar-refractivity contribution < 1.29 is 47.9 Å². The molecule has 44 heavy (non-hydrogen) atoms. The predicted molar refractivity (Wildman–Crippen MR) is 157 cm³/mol. The molecule has 236 valence electrons. The number of aryl methyl sites for hydroxylation is 1. The zero-order valence-corrected chi connectivity index (χ0v) is 24.7. The van der Waals surface area contributed by atoms with Crippen molar-refractivity contribution in [2.24, 2.45) is 5.73 Å². The maximum absolute atomic E-state index is 13.1. The summed E-state index contributed by atoms with van der Waals surface area (Å²) in [6.45, 7) is 7.44. The molecule has 2 fully saturated rings. The van der Waals surface area contributed by atoms with E-state index < -0.39 is 59.3 Å². The number of methoxy groups -OCH3 is 1. The minimum Gasteiger partial charge on any atom is -0.505 e. The standard InChI is InChI=1S/C30H35N3O11/c1-15-19(41-28-22(35)24(43-29(31)38)25(39-4)30(2,3)44-28)9-8-18-21(34)20(27(37)42-23(15)18)32-26(36)16-6-5-7-17(14-16)33-10-12-40-13-11-33/h5-9,14,22,24-25,28,34-35H,10-13H2,1-4H3,(H2,31,38)(H,32,36)/t22-,24+,25-,28-/m1/s1. The molecule has 3 aromatic rings. The Morgan fingerprint density at radius 1 is 1.16 bits per heavy atom. The molecule has 4 atom stereocenters. The molecule has 2 aromatic carbocycles. The first-order valence-corrected chi connectivity index (χ1v) is 14.0. The van der Waals surface area contributed by atoms with Gasteiger partial charge < -0.3 is 54.3 Å². The van der Waals surface area contributed by atoms with Crippen molar-refractivity contribution in [2.75, 3.05) is 43.6 Å². The first-order valence-electron chi connectivity index (χ1n) is 14.0. The van der Waals surface area contributed by atoms with Gasteiger partial charge in [-0.05, 0) is 51.1 Å². The number of aliphatic hydroxyl groups excluding tert-OH is 1. The Morgan fingerprint density at radius 3 is 2.57 bits per heavy atom. The number of carbonyl (C=O) groups is 2. The highest BCUT2D eigenvalue weighted by Crippen LogP contribution is 2.38. The van der Waals surface area contributed by atoms with Gasteiger partial charge in [-0.1, -0.05) is 6.07 Å². The van der Waals surface area contributed by atoms with Crippen molar-refractivity contribution in [3.63, 3.8) is 0 Å². The molecule has 0 unspecified atom stereocenters. The Morgan fingerprint density at radius 2 is 1.89 bits per heavy atom. The normalized spacial score (nSPS) is 23.2. The van der Waals surface area contributed by atoms with Crippen molar-refractivity contribution in [2.45, 2.75) is 51.0 Å². The van der Waals surface area contributed by atoms with E-state index in [9.17, 15) is 24.6 Å². The minimum absolute atomic E-state index is 0.0124. The van der Waals surface area contributed by atoms with E-state index in [2.05, 4.69) is 10.2 Å². The molecule has 5 rings (SSSR count). The number of primary amides is 1. The first-order chi connectivity index (χ1) is 20.9. The van der Waals surface area contributed by atoms with Gasteiger partial charge in [0, 0.05) is 37.0 Å². The van der Waals surface area contributed by atoms with E-state index in [1.165, 1.54) is 19.2 Å². The number of aromatic hydroxyl groups is 1. The van der Waals surface area contributed by atoms with Crippen molar-refractivity contribution in [3.8, 4) is 11.5 Å². The van der Waals surface area contributed by atoms with Gasteiger partial charge in [0.25, 0.3) is 5.91 Å². The molecule has 2 aliphatic rings. The molecule has 14 nitrogen and oxygen atoms in total. The number of aliphatic hydroxyl groups is 1. The highest BCUT2D eigenvalue weighted by molar-refractivity contribution is 6.07. The molecule has 2 aliphatic heterocycles. The number of benzene rings is 2. The number of ether oxygens (including phenoxy) is 5. The lowest BCUT2D eigenvalue weighted by atomic mass is 9.89. The number of nitrogens with one attached hydrogen (secondary N) is 1. The third-order valence-corrected chi connectivity index (χ3v) is 7.74. The van der Waals surface area contributed by atoms with E-state index in [0.717, 1.165) is 5.69 Å². The summed E-state index contributed by atoms with van der Waals surface area (Å²) < 4.78 is 33.3. The number of anilines is 2. The molecular weight excluding hydrogens is 578 g/mol. The zero-order valence-electron chi connectivity index (χ0n) is 24.7. The highest BCUT2D eigenvalue weighted by atomic mass is 16.7. The third kappa shape index (κ3) is 6.01. The summed E-state index contributed by atoms with van der Waals surface area (Å²) >= 11 is 0. The van der Waals surface area contributed by atoms with Crippen LogP contribution in [-0.4, -0.2) is 85.8 Å². The average Bonchev–Trinajstić information content (AvgIpc) is 2.99. The van der Waals surface area contributed by atoms with Gasteiger partial charge >= 0.3 is 11.7 Å². The largest absolute Gasteiger partial charge is 0.505 e. The van der Waals surface area contributed by atoms with Crippen LogP contribution < -0.4 is 26.3 Å². The second kappa shape index (κ2) is 12.3. The fourth-order valence-corrected chi connectivity index (χ4v) is 5.52. The fraction of sp³-hybridized carbons (Fsp3) is 0.433. The number of nitrogens with zero attached hydrogens (tertiary/aromatic N) is 1. The number of fused-ring (bicyclic) bond motifs is 1. The summed E-state index contributed by atoms with van der Waals surface area (Å²) in [4.78, 5) is 39.7. The molecule has 0 bridgehead atoms. The summed E-state index contributed by atoms with van der Waals surface area (Å²) in [6.07, 6.45) is -6.04. The minimum atomic E-state index is -1.50. The van der Waals surface area contributed by atoms with Crippen LogP contribution in [-0.2, 0) is 18.9 Å². The summed E-state index contributed by atoms with van der Waals surface area (Å²) in [6, 6.07) is 9.82. The molecule has 3 heterocycles. The second-order valence-corrected chi connectivity index (χ2v) is 11.0. The molecule has 0 radical (unpaired) electrons. The van der Waals surface area contributed by atoms with Gasteiger partial charge in [0.2, 0.25) is 6.29 Å². The van der Waals surface area contributed by atoms with Gasteiger partial charge in [0.15, 0.2) is 23.6 Å². The quantitative estimate of drug-likeness (QED) is 0.285. The number of carbonyl (C=O) groups excluding carboxylic acids is 2. The Kier molecular flexibility index (Phi) is 8.70. The van der Waals surface area contributed by atoms with E-state index in [0.29, 0.717) is 31.9 Å². The summed E-state index contributed by atoms with van der Waals surface area (Å²) in [5.74, 6) is -0.950. The molecule has 0 spiro atoms. The number of rotatable bonds is 7. The second-order valence-electron chi connectivity index (χ2n) is 11.0. The van der Waals surface area contributed by atoms with E-state index in [4.69, 9.17) is 33.8 Å². The summed E-state index contributed by atoms with van der Waals surface area (Å²) in [5.41, 5.74) is 4.13. The van der Waals surface area contributed by atoms with E-state index in [1.807, 2.05) is 6.07 Å². The Labute approximate surface area is 252 Å². The van der Waals surface area contributed by atoms with Crippen LogP contribution in [0.3, 0.4) is 0 Å². The summed E-state index contributed by atoms with van der Waals surface area (Å²) in [5, 5.41) is 24.6. The molecule has 5 N–H and O–H groups in total. The zero-order chi connectivity index (χ0) is 31.8. The smallest absolute Gasteiger partial charge is 0.404 e. The Bertz CT molecular complexity index is 1620. The monoisotopic (exact) mass is 613 g/mol. The molecule has 2 saturated heterocycles. The Hall–Kier alpha value is -4.37. The number of hydrogen-bond acceptors (Lipinski definition) is 12. The number of nitrogens with two attached hydrogens (primary N) is 1. The third-order valence-electron chi connectivity index (χ3n) is 7.74. The predicted octanol–water partition coefficient (Wildman–Crippen LogP) is 2.25. The maximum atomic E-state index is 13.1. The number of morpholine rings is 1. The van der Waals surface area contributed by atoms with Crippen LogP contribution in [0, 0.1) is 6.92 Å². The van der Waals surface area contributed by atoms with Gasteiger partial charge in [-0.15, -0.1) is 0 Å². The van der Waals surface area contributed by atoms with E-state index in [1.54, 1.807) is 39.0 Å². The van der Waals surface area contributed by atoms with Crippen LogP contribution in [0.4, 0.5) is 16.2 Å². The van der Waals surface area contributed by atoms with Crippen LogP contribution in [0.25, 0.3) is 11.0 Å². The van der Waals surface area contributed by atoms with E-state index >= 15 is 0 Å². The van der Waals surface area contributed by atoms with Gasteiger partial charge in [-0.25, -0.2) is 9.59 Å². The molecule has 0 aliphatic carbocycles. The molecule has 1 aromatic heterocycles. The molecule has 0 saturated carbocycles. The van der Waals surface area contributed by atoms with Gasteiger partial charge in [0.05, 0.1) is 24.2 Å². The first kappa shape index (κ1) is 31.1. The summed E-state index contributed by atoms with van der Waals surface area (Å²) in [7, 11) is 1.38. The fourth-order valence-electron chi connectivity index (χ4n) is 5.52. The lowest BCUT2D eigenvalue weighted by Gasteiger charge is -2.47. The molecule has 14 heteroatoms. The van der Waals surface area contributed by atoms with Crippen LogP contribution >= 0.6 is 0 Å². The topological polar surface area (TPSA) is 192 Å². The maximum Gasteiger partial charge on any atom is 0.404 e. The Balaban J connectivity index is 1.40. The van der Waals surface area contributed by atoms with Crippen LogP contribution in [0.15, 0.2) is 45.6 Å². The highest BCUT2D eigenvalue weighted by Gasteiger charge is 2.53. The lowest BCUT2D eigenvalue weighted by Crippen LogP contribution is -2.65. The van der Waals surface area contributed by atoms with Crippen molar-refractivity contribution in [1.29, 1.82) is 0 Å². The SMILES string of the molecule is CO[C@@H]1[C@@H](OC(N)=O)[C@@H](O)[C@H](Oc2ccc3c(O)c(NC(=O)c4cccc(N5CCOCC5)c4)c(=O)oc3c2C)OC1(C)C. The molecular formula is C30H35N3O11. The number of amides is 2.